The van der Waals surface area contributed by atoms with Crippen molar-refractivity contribution in [2.45, 2.75) is 45.6 Å². The minimum absolute atomic E-state index is 0.00655. The van der Waals surface area contributed by atoms with Gasteiger partial charge in [-0.25, -0.2) is 4.99 Å². The number of aliphatic imine (C=N–C) groups is 1. The first-order valence-corrected chi connectivity index (χ1v) is 11.2. The van der Waals surface area contributed by atoms with Gasteiger partial charge >= 0.3 is 0 Å². The van der Waals surface area contributed by atoms with Crippen LogP contribution in [-0.2, 0) is 11.2 Å². The molecular weight excluding hydrogens is 378 g/mol. The van der Waals surface area contributed by atoms with Gasteiger partial charge in [-0.3, -0.25) is 9.69 Å². The Morgan fingerprint density at radius 1 is 1.30 bits per heavy atom. The topological polar surface area (TPSA) is 69.2 Å². The monoisotopic (exact) mass is 417 g/mol. The molecule has 1 aromatic rings. The molecule has 0 aromatic heterocycles. The predicted octanol–water partition coefficient (Wildman–Crippen LogP) is 2.13. The van der Waals surface area contributed by atoms with Crippen molar-refractivity contribution in [1.82, 2.24) is 20.4 Å². The van der Waals surface area contributed by atoms with Crippen LogP contribution in [-0.4, -0.2) is 81.1 Å². The lowest BCUT2D eigenvalue weighted by Crippen LogP contribution is -2.45. The van der Waals surface area contributed by atoms with E-state index in [1.165, 1.54) is 18.4 Å². The molecule has 2 rings (SSSR count). The van der Waals surface area contributed by atoms with Crippen LogP contribution in [0.2, 0.25) is 0 Å². The molecule has 0 aliphatic carbocycles. The maximum atomic E-state index is 12.0. The SMILES string of the molecule is CCCOc1cccc(CCNC(=NCC(=O)N(C)C)NCC2CCCN2CC)c1. The summed E-state index contributed by atoms with van der Waals surface area (Å²) in [5.41, 5.74) is 1.22. The maximum Gasteiger partial charge on any atom is 0.243 e. The molecule has 1 fully saturated rings. The van der Waals surface area contributed by atoms with Gasteiger partial charge in [-0.15, -0.1) is 0 Å². The quantitative estimate of drug-likeness (QED) is 0.426. The minimum Gasteiger partial charge on any atom is -0.494 e. The Balaban J connectivity index is 1.90. The molecule has 0 saturated carbocycles. The van der Waals surface area contributed by atoms with E-state index in [9.17, 15) is 4.79 Å². The lowest BCUT2D eigenvalue weighted by molar-refractivity contribution is -0.127. The molecule has 2 N–H and O–H groups in total. The highest BCUT2D eigenvalue weighted by Crippen LogP contribution is 2.15. The van der Waals surface area contributed by atoms with Gasteiger partial charge < -0.3 is 20.3 Å². The van der Waals surface area contributed by atoms with Gasteiger partial charge in [-0.05, 0) is 56.5 Å². The van der Waals surface area contributed by atoms with Crippen LogP contribution in [0, 0.1) is 0 Å². The normalized spacial score (nSPS) is 17.1. The van der Waals surface area contributed by atoms with E-state index in [0.29, 0.717) is 12.0 Å². The van der Waals surface area contributed by atoms with Crippen LogP contribution < -0.4 is 15.4 Å². The molecular formula is C23H39N5O2. The Morgan fingerprint density at radius 2 is 2.13 bits per heavy atom. The van der Waals surface area contributed by atoms with Crippen LogP contribution in [0.1, 0.15) is 38.7 Å². The molecule has 1 aliphatic heterocycles. The fraction of sp³-hybridized carbons (Fsp3) is 0.652. The highest BCUT2D eigenvalue weighted by atomic mass is 16.5. The standard InChI is InChI=1S/C23H39N5O2/c1-5-15-30-21-11-7-9-19(16-21)12-13-24-23(26-18-22(29)27(3)4)25-17-20-10-8-14-28(20)6-2/h7,9,11,16,20H,5-6,8,10,12-15,17-18H2,1-4H3,(H2,24,25,26). The molecule has 1 aromatic carbocycles. The summed E-state index contributed by atoms with van der Waals surface area (Å²) < 4.78 is 5.72. The summed E-state index contributed by atoms with van der Waals surface area (Å²) in [7, 11) is 3.51. The number of amides is 1. The fourth-order valence-electron chi connectivity index (χ4n) is 3.56. The Hall–Kier alpha value is -2.28. The average Bonchev–Trinajstić information content (AvgIpc) is 3.21. The molecule has 7 nitrogen and oxygen atoms in total. The van der Waals surface area contributed by atoms with E-state index < -0.39 is 0 Å². The average molecular weight is 418 g/mol. The predicted molar refractivity (Wildman–Crippen MR) is 123 cm³/mol. The van der Waals surface area contributed by atoms with Gasteiger partial charge in [-0.1, -0.05) is 26.0 Å². The van der Waals surface area contributed by atoms with Crippen molar-refractivity contribution < 1.29 is 9.53 Å². The summed E-state index contributed by atoms with van der Waals surface area (Å²) in [4.78, 5) is 20.5. The summed E-state index contributed by atoms with van der Waals surface area (Å²) in [6.07, 6.45) is 4.31. The zero-order valence-corrected chi connectivity index (χ0v) is 19.1. The lowest BCUT2D eigenvalue weighted by Gasteiger charge is -2.24. The lowest BCUT2D eigenvalue weighted by atomic mass is 10.1. The van der Waals surface area contributed by atoms with Crippen molar-refractivity contribution >= 4 is 11.9 Å². The molecule has 1 unspecified atom stereocenters. The first-order chi connectivity index (χ1) is 14.5. The molecule has 30 heavy (non-hydrogen) atoms. The van der Waals surface area contributed by atoms with Crippen molar-refractivity contribution in [3.05, 3.63) is 29.8 Å². The van der Waals surface area contributed by atoms with Crippen LogP contribution in [0.5, 0.6) is 5.75 Å². The van der Waals surface area contributed by atoms with Crippen molar-refractivity contribution in [3.8, 4) is 5.75 Å². The zero-order valence-electron chi connectivity index (χ0n) is 19.1. The third-order valence-corrected chi connectivity index (χ3v) is 5.36. The number of benzene rings is 1. The number of carbonyl (C=O) groups is 1. The molecule has 0 spiro atoms. The van der Waals surface area contributed by atoms with E-state index >= 15 is 0 Å². The largest absolute Gasteiger partial charge is 0.494 e. The van der Waals surface area contributed by atoms with Crippen molar-refractivity contribution in [3.63, 3.8) is 0 Å². The number of likely N-dealkylation sites (N-methyl/N-ethyl adjacent to an activating group) is 2. The van der Waals surface area contributed by atoms with Crippen molar-refractivity contribution in [2.24, 2.45) is 4.99 Å². The van der Waals surface area contributed by atoms with Gasteiger partial charge in [0.25, 0.3) is 0 Å². The summed E-state index contributed by atoms with van der Waals surface area (Å²) in [5, 5.41) is 6.84. The number of carbonyl (C=O) groups excluding carboxylic acids is 1. The van der Waals surface area contributed by atoms with Gasteiger partial charge in [0.1, 0.15) is 12.3 Å². The van der Waals surface area contributed by atoms with Gasteiger partial charge in [0.2, 0.25) is 5.91 Å². The van der Waals surface area contributed by atoms with E-state index in [-0.39, 0.29) is 12.5 Å². The number of ether oxygens (including phenoxy) is 1. The van der Waals surface area contributed by atoms with Crippen molar-refractivity contribution in [2.75, 3.05) is 53.4 Å². The number of nitrogens with zero attached hydrogens (tertiary/aromatic N) is 3. The third kappa shape index (κ3) is 8.22. The van der Waals surface area contributed by atoms with Crippen LogP contribution >= 0.6 is 0 Å². The number of hydrogen-bond donors (Lipinski definition) is 2. The second kappa shape index (κ2) is 13.1. The number of nitrogens with one attached hydrogen (secondary N) is 2. The fourth-order valence-corrected chi connectivity index (χ4v) is 3.56. The van der Waals surface area contributed by atoms with Gasteiger partial charge in [-0.2, -0.15) is 0 Å². The summed E-state index contributed by atoms with van der Waals surface area (Å²) in [6.45, 7) is 9.01. The molecule has 168 valence electrons. The highest BCUT2D eigenvalue weighted by Gasteiger charge is 2.22. The number of hydrogen-bond acceptors (Lipinski definition) is 4. The van der Waals surface area contributed by atoms with Crippen LogP contribution in [0.3, 0.4) is 0 Å². The summed E-state index contributed by atoms with van der Waals surface area (Å²) in [5.74, 6) is 1.61. The van der Waals surface area contributed by atoms with Gasteiger partial charge in [0, 0.05) is 33.2 Å². The first kappa shape index (κ1) is 24.0. The van der Waals surface area contributed by atoms with Crippen LogP contribution in [0.15, 0.2) is 29.3 Å². The second-order valence-corrected chi connectivity index (χ2v) is 7.93. The smallest absolute Gasteiger partial charge is 0.243 e. The molecule has 1 atom stereocenters. The number of rotatable bonds is 11. The molecule has 7 heteroatoms. The molecule has 0 bridgehead atoms. The minimum atomic E-state index is -0.00655. The number of guanidine groups is 1. The number of likely N-dealkylation sites (tertiary alicyclic amines) is 1. The molecule has 1 amide bonds. The summed E-state index contributed by atoms with van der Waals surface area (Å²) >= 11 is 0. The maximum absolute atomic E-state index is 12.0. The Labute approximate surface area is 181 Å². The highest BCUT2D eigenvalue weighted by molar-refractivity contribution is 5.84. The first-order valence-electron chi connectivity index (χ1n) is 11.2. The zero-order chi connectivity index (χ0) is 21.8. The van der Waals surface area contributed by atoms with E-state index in [0.717, 1.165) is 51.4 Å². The van der Waals surface area contributed by atoms with Gasteiger partial charge in [0.15, 0.2) is 5.96 Å². The van der Waals surface area contributed by atoms with E-state index in [1.807, 2.05) is 12.1 Å². The summed E-state index contributed by atoms with van der Waals surface area (Å²) in [6, 6.07) is 8.75. The van der Waals surface area contributed by atoms with Crippen LogP contribution in [0.25, 0.3) is 0 Å². The Morgan fingerprint density at radius 3 is 2.87 bits per heavy atom. The molecule has 0 radical (unpaired) electrons. The van der Waals surface area contributed by atoms with Crippen LogP contribution in [0.4, 0.5) is 0 Å². The van der Waals surface area contributed by atoms with Crippen molar-refractivity contribution in [1.29, 1.82) is 0 Å². The third-order valence-electron chi connectivity index (χ3n) is 5.36. The second-order valence-electron chi connectivity index (χ2n) is 7.93. The Kier molecular flexibility index (Phi) is 10.5. The molecule has 1 aliphatic rings. The van der Waals surface area contributed by atoms with Gasteiger partial charge in [0.05, 0.1) is 6.61 Å². The molecule has 1 saturated heterocycles. The molecule has 1 heterocycles. The van der Waals surface area contributed by atoms with E-state index in [1.54, 1.807) is 19.0 Å². The van der Waals surface area contributed by atoms with E-state index in [4.69, 9.17) is 4.74 Å². The van der Waals surface area contributed by atoms with E-state index in [2.05, 4.69) is 46.5 Å². The Bertz CT molecular complexity index is 677.